The molecule has 1 heterocycles. The molecule has 28 heavy (non-hydrogen) atoms. The standard InChI is InChI=1S/C20H26N4O4/c1-20(2,3)28-19(27)24-17(9-14-7-5-4-6-8-14)18(26)23-16(12-25)10-15-11-21-13-22-15/h4-8,11-13,16-17H,9-10H2,1-3H3,(H,21,22)(H,23,26)(H,24,27). The van der Waals surface area contributed by atoms with Gasteiger partial charge in [0.25, 0.3) is 0 Å². The summed E-state index contributed by atoms with van der Waals surface area (Å²) in [6, 6.07) is 7.66. The first kappa shape index (κ1) is 21.1. The average molecular weight is 386 g/mol. The number of hydrogen-bond acceptors (Lipinski definition) is 5. The summed E-state index contributed by atoms with van der Waals surface area (Å²) in [5, 5.41) is 5.27. The van der Waals surface area contributed by atoms with Crippen molar-refractivity contribution in [1.29, 1.82) is 0 Å². The van der Waals surface area contributed by atoms with Crippen molar-refractivity contribution in [2.45, 2.75) is 51.3 Å². The maximum atomic E-state index is 12.8. The van der Waals surface area contributed by atoms with Crippen LogP contribution in [0.4, 0.5) is 4.79 Å². The number of nitrogens with one attached hydrogen (secondary N) is 3. The second-order valence-corrected chi connectivity index (χ2v) is 7.42. The van der Waals surface area contributed by atoms with Crippen molar-refractivity contribution >= 4 is 18.3 Å². The Morgan fingerprint density at radius 2 is 1.89 bits per heavy atom. The van der Waals surface area contributed by atoms with Gasteiger partial charge in [-0.3, -0.25) is 4.79 Å². The Morgan fingerprint density at radius 3 is 2.46 bits per heavy atom. The molecule has 2 atom stereocenters. The van der Waals surface area contributed by atoms with E-state index in [1.165, 1.54) is 6.33 Å². The van der Waals surface area contributed by atoms with E-state index in [2.05, 4.69) is 20.6 Å². The molecular weight excluding hydrogens is 360 g/mol. The molecule has 2 rings (SSSR count). The minimum absolute atomic E-state index is 0.265. The number of benzene rings is 1. The molecule has 2 amide bonds. The van der Waals surface area contributed by atoms with Crippen LogP contribution in [0, 0.1) is 0 Å². The number of H-pyrrole nitrogens is 1. The molecule has 2 aromatic rings. The van der Waals surface area contributed by atoms with E-state index in [1.54, 1.807) is 27.0 Å². The van der Waals surface area contributed by atoms with Crippen molar-refractivity contribution in [3.8, 4) is 0 Å². The lowest BCUT2D eigenvalue weighted by atomic mass is 10.0. The number of aromatic amines is 1. The van der Waals surface area contributed by atoms with Gasteiger partial charge in [0.2, 0.25) is 5.91 Å². The number of amides is 2. The number of carbonyl (C=O) groups excluding carboxylic acids is 3. The second-order valence-electron chi connectivity index (χ2n) is 7.42. The summed E-state index contributed by atoms with van der Waals surface area (Å²) in [5.74, 6) is -0.466. The first-order valence-electron chi connectivity index (χ1n) is 9.03. The van der Waals surface area contributed by atoms with E-state index in [-0.39, 0.29) is 12.8 Å². The smallest absolute Gasteiger partial charge is 0.408 e. The van der Waals surface area contributed by atoms with Gasteiger partial charge in [0.1, 0.15) is 17.9 Å². The number of aldehydes is 1. The summed E-state index contributed by atoms with van der Waals surface area (Å²) >= 11 is 0. The fourth-order valence-electron chi connectivity index (χ4n) is 2.56. The molecule has 0 saturated heterocycles. The van der Waals surface area contributed by atoms with E-state index in [1.807, 2.05) is 30.3 Å². The van der Waals surface area contributed by atoms with Gasteiger partial charge in [-0.25, -0.2) is 9.78 Å². The molecule has 0 aliphatic heterocycles. The number of carbonyl (C=O) groups is 3. The summed E-state index contributed by atoms with van der Waals surface area (Å²) in [7, 11) is 0. The van der Waals surface area contributed by atoms with Gasteiger partial charge < -0.3 is 25.1 Å². The Labute approximate surface area is 164 Å². The van der Waals surface area contributed by atoms with Crippen LogP contribution in [0.3, 0.4) is 0 Å². The van der Waals surface area contributed by atoms with Crippen molar-refractivity contribution in [1.82, 2.24) is 20.6 Å². The third-order valence-electron chi connectivity index (χ3n) is 3.78. The van der Waals surface area contributed by atoms with Gasteiger partial charge in [-0.1, -0.05) is 30.3 Å². The molecule has 2 unspecified atom stereocenters. The molecular formula is C20H26N4O4. The van der Waals surface area contributed by atoms with E-state index >= 15 is 0 Å². The van der Waals surface area contributed by atoms with Crippen molar-refractivity contribution in [3.63, 3.8) is 0 Å². The SMILES string of the molecule is CC(C)(C)OC(=O)NC(Cc1ccccc1)C(=O)NC(C=O)Cc1cnc[nH]1. The van der Waals surface area contributed by atoms with Crippen LogP contribution in [0.15, 0.2) is 42.9 Å². The van der Waals surface area contributed by atoms with Gasteiger partial charge in [-0.05, 0) is 26.3 Å². The topological polar surface area (TPSA) is 113 Å². The number of alkyl carbamates (subject to hydrolysis) is 1. The van der Waals surface area contributed by atoms with Gasteiger partial charge in [0.15, 0.2) is 0 Å². The summed E-state index contributed by atoms with van der Waals surface area (Å²) in [4.78, 5) is 43.1. The van der Waals surface area contributed by atoms with Crippen LogP contribution in [0.2, 0.25) is 0 Å². The van der Waals surface area contributed by atoms with Crippen LogP contribution < -0.4 is 10.6 Å². The van der Waals surface area contributed by atoms with E-state index in [9.17, 15) is 14.4 Å². The van der Waals surface area contributed by atoms with Crippen LogP contribution in [0.5, 0.6) is 0 Å². The highest BCUT2D eigenvalue weighted by atomic mass is 16.6. The summed E-state index contributed by atoms with van der Waals surface area (Å²) in [6.07, 6.45) is 3.59. The molecule has 0 aliphatic carbocycles. The molecule has 8 heteroatoms. The zero-order chi connectivity index (χ0) is 20.6. The predicted molar refractivity (Wildman–Crippen MR) is 104 cm³/mol. The van der Waals surface area contributed by atoms with E-state index < -0.39 is 29.7 Å². The van der Waals surface area contributed by atoms with Gasteiger partial charge in [-0.15, -0.1) is 0 Å². The lowest BCUT2D eigenvalue weighted by Crippen LogP contribution is -2.52. The Morgan fingerprint density at radius 1 is 1.18 bits per heavy atom. The van der Waals surface area contributed by atoms with E-state index in [4.69, 9.17) is 4.74 Å². The van der Waals surface area contributed by atoms with Crippen LogP contribution in [-0.4, -0.2) is 45.9 Å². The molecule has 1 aromatic heterocycles. The minimum atomic E-state index is -0.888. The fourth-order valence-corrected chi connectivity index (χ4v) is 2.56. The van der Waals surface area contributed by atoms with Gasteiger partial charge in [0.05, 0.1) is 12.4 Å². The number of imidazole rings is 1. The maximum Gasteiger partial charge on any atom is 0.408 e. The number of rotatable bonds is 8. The number of aromatic nitrogens is 2. The Bertz CT molecular complexity index is 769. The van der Waals surface area contributed by atoms with E-state index in [0.717, 1.165) is 11.3 Å². The van der Waals surface area contributed by atoms with Crippen LogP contribution in [0.1, 0.15) is 32.0 Å². The van der Waals surface area contributed by atoms with Crippen molar-refractivity contribution < 1.29 is 19.1 Å². The lowest BCUT2D eigenvalue weighted by molar-refractivity contribution is -0.125. The molecule has 0 fully saturated rings. The highest BCUT2D eigenvalue weighted by molar-refractivity contribution is 5.87. The van der Waals surface area contributed by atoms with Crippen LogP contribution in [0.25, 0.3) is 0 Å². The number of hydrogen-bond donors (Lipinski definition) is 3. The van der Waals surface area contributed by atoms with Gasteiger partial charge in [-0.2, -0.15) is 0 Å². The molecule has 1 aromatic carbocycles. The third-order valence-corrected chi connectivity index (χ3v) is 3.78. The zero-order valence-corrected chi connectivity index (χ0v) is 16.3. The third kappa shape index (κ3) is 7.22. The summed E-state index contributed by atoms with van der Waals surface area (Å²) in [5.41, 5.74) is 0.899. The van der Waals surface area contributed by atoms with Gasteiger partial charge >= 0.3 is 6.09 Å². The van der Waals surface area contributed by atoms with Crippen LogP contribution >= 0.6 is 0 Å². The molecule has 0 bridgehead atoms. The van der Waals surface area contributed by atoms with Gasteiger partial charge in [0, 0.05) is 24.7 Å². The maximum absolute atomic E-state index is 12.8. The van der Waals surface area contributed by atoms with Crippen molar-refractivity contribution in [3.05, 3.63) is 54.1 Å². The Kier molecular flexibility index (Phi) is 7.31. The lowest BCUT2D eigenvalue weighted by Gasteiger charge is -2.24. The fraction of sp³-hybridized carbons (Fsp3) is 0.400. The molecule has 0 radical (unpaired) electrons. The van der Waals surface area contributed by atoms with E-state index in [0.29, 0.717) is 6.29 Å². The van der Waals surface area contributed by atoms with Crippen molar-refractivity contribution in [2.24, 2.45) is 0 Å². The first-order chi connectivity index (χ1) is 13.3. The summed E-state index contributed by atoms with van der Waals surface area (Å²) < 4.78 is 5.26. The largest absolute Gasteiger partial charge is 0.444 e. The van der Waals surface area contributed by atoms with Crippen molar-refractivity contribution in [2.75, 3.05) is 0 Å². The predicted octanol–water partition coefficient (Wildman–Crippen LogP) is 1.77. The highest BCUT2D eigenvalue weighted by Gasteiger charge is 2.26. The second kappa shape index (κ2) is 9.68. The molecule has 0 saturated carbocycles. The highest BCUT2D eigenvalue weighted by Crippen LogP contribution is 2.09. The molecule has 3 N–H and O–H groups in total. The quantitative estimate of drug-likeness (QED) is 0.599. The number of ether oxygens (including phenoxy) is 1. The molecule has 0 aliphatic rings. The monoisotopic (exact) mass is 386 g/mol. The average Bonchev–Trinajstić information content (AvgIpc) is 3.13. The minimum Gasteiger partial charge on any atom is -0.444 e. The molecule has 8 nitrogen and oxygen atoms in total. The Hall–Kier alpha value is -3.16. The number of nitrogens with zero attached hydrogens (tertiary/aromatic N) is 1. The summed E-state index contributed by atoms with van der Waals surface area (Å²) in [6.45, 7) is 5.23. The Balaban J connectivity index is 2.08. The molecule has 150 valence electrons. The zero-order valence-electron chi connectivity index (χ0n) is 16.3. The molecule has 0 spiro atoms. The first-order valence-corrected chi connectivity index (χ1v) is 9.03. The normalized spacial score (nSPS) is 13.2. The van der Waals surface area contributed by atoms with Crippen LogP contribution in [-0.2, 0) is 27.2 Å².